The lowest BCUT2D eigenvalue weighted by Crippen LogP contribution is -2.50. The Morgan fingerprint density at radius 1 is 1.56 bits per heavy atom. The number of morpholine rings is 1. The van der Waals surface area contributed by atoms with Gasteiger partial charge in [-0.15, -0.1) is 10.2 Å². The third kappa shape index (κ3) is 2.95. The number of aromatic nitrogens is 2. The lowest BCUT2D eigenvalue weighted by Gasteiger charge is -2.35. The van der Waals surface area contributed by atoms with Gasteiger partial charge in [-0.3, -0.25) is 4.79 Å². The number of nitrogens with zero attached hydrogens (tertiary/aromatic N) is 3. The molecule has 1 amide bonds. The highest BCUT2D eigenvalue weighted by molar-refractivity contribution is 6.29. The summed E-state index contributed by atoms with van der Waals surface area (Å²) in [4.78, 5) is 13.8. The number of amides is 1. The van der Waals surface area contributed by atoms with E-state index in [2.05, 4.69) is 10.2 Å². The number of hydrogen-bond donors (Lipinski definition) is 1. The molecule has 0 aromatic carbocycles. The van der Waals surface area contributed by atoms with Gasteiger partial charge in [0.1, 0.15) is 0 Å². The highest BCUT2D eigenvalue weighted by Gasteiger charge is 2.29. The minimum Gasteiger partial charge on any atom is -0.394 e. The molecule has 0 aliphatic carbocycles. The lowest BCUT2D eigenvalue weighted by molar-refractivity contribution is -0.0859. The third-order valence-corrected chi connectivity index (χ3v) is 2.87. The second kappa shape index (κ2) is 5.60. The van der Waals surface area contributed by atoms with Crippen molar-refractivity contribution in [1.29, 1.82) is 0 Å². The van der Waals surface area contributed by atoms with Gasteiger partial charge in [0.15, 0.2) is 10.8 Å². The minimum atomic E-state index is -0.349. The number of carbonyl (C=O) groups excluding carboxylic acids is 1. The zero-order valence-electron chi connectivity index (χ0n) is 9.91. The molecule has 0 radical (unpaired) electrons. The highest BCUT2D eigenvalue weighted by Crippen LogP contribution is 2.13. The van der Waals surface area contributed by atoms with Gasteiger partial charge in [0.25, 0.3) is 5.91 Å². The molecule has 1 saturated heterocycles. The molecule has 1 aliphatic heterocycles. The average molecular weight is 272 g/mol. The van der Waals surface area contributed by atoms with Crippen molar-refractivity contribution in [1.82, 2.24) is 15.1 Å². The van der Waals surface area contributed by atoms with Gasteiger partial charge in [-0.05, 0) is 19.1 Å². The van der Waals surface area contributed by atoms with Crippen molar-refractivity contribution in [2.45, 2.75) is 19.1 Å². The van der Waals surface area contributed by atoms with Crippen LogP contribution >= 0.6 is 11.6 Å². The first-order valence-electron chi connectivity index (χ1n) is 5.65. The molecule has 1 fully saturated rings. The zero-order chi connectivity index (χ0) is 13.1. The van der Waals surface area contributed by atoms with E-state index in [1.54, 1.807) is 4.90 Å². The molecule has 98 valence electrons. The summed E-state index contributed by atoms with van der Waals surface area (Å²) in [5.41, 5.74) is 0.241. The number of carbonyl (C=O) groups is 1. The zero-order valence-corrected chi connectivity index (χ0v) is 10.7. The van der Waals surface area contributed by atoms with E-state index < -0.39 is 0 Å². The van der Waals surface area contributed by atoms with Crippen LogP contribution in [0.1, 0.15) is 17.4 Å². The Hall–Kier alpha value is -1.24. The molecule has 7 heteroatoms. The van der Waals surface area contributed by atoms with Crippen LogP contribution in [0.25, 0.3) is 0 Å². The minimum absolute atomic E-state index is 0.111. The predicted octanol–water partition coefficient (Wildman–Crippen LogP) is 0.352. The normalized spacial score (nSPS) is 24.1. The number of hydrogen-bond acceptors (Lipinski definition) is 5. The Bertz CT molecular complexity index is 426. The van der Waals surface area contributed by atoms with Gasteiger partial charge >= 0.3 is 0 Å². The first kappa shape index (κ1) is 13.2. The fourth-order valence-electron chi connectivity index (χ4n) is 1.90. The fourth-order valence-corrected chi connectivity index (χ4v) is 2.00. The molecule has 2 unspecified atom stereocenters. The molecule has 2 heterocycles. The van der Waals surface area contributed by atoms with Gasteiger partial charge in [-0.1, -0.05) is 11.6 Å². The molecule has 0 bridgehead atoms. The van der Waals surface area contributed by atoms with Crippen molar-refractivity contribution in [2.24, 2.45) is 0 Å². The number of rotatable bonds is 2. The third-order valence-electron chi connectivity index (χ3n) is 2.67. The Morgan fingerprint density at radius 3 is 2.94 bits per heavy atom. The molecule has 1 aromatic rings. The largest absolute Gasteiger partial charge is 0.394 e. The molecule has 2 rings (SSSR count). The predicted molar refractivity (Wildman–Crippen MR) is 64.4 cm³/mol. The summed E-state index contributed by atoms with van der Waals surface area (Å²) in [6, 6.07) is 3.06. The Morgan fingerprint density at radius 2 is 2.33 bits per heavy atom. The summed E-state index contributed by atoms with van der Waals surface area (Å²) >= 11 is 5.62. The Labute approximate surface area is 110 Å². The van der Waals surface area contributed by atoms with Crippen LogP contribution in [0.15, 0.2) is 12.1 Å². The Kier molecular flexibility index (Phi) is 4.11. The van der Waals surface area contributed by atoms with Gasteiger partial charge in [-0.2, -0.15) is 0 Å². The molecule has 1 N–H and O–H groups in total. The van der Waals surface area contributed by atoms with E-state index in [1.807, 2.05) is 6.92 Å². The second-order valence-corrected chi connectivity index (χ2v) is 4.59. The summed E-state index contributed by atoms with van der Waals surface area (Å²) in [7, 11) is 0. The molecule has 1 aromatic heterocycles. The van der Waals surface area contributed by atoms with Crippen LogP contribution in [0.4, 0.5) is 0 Å². The van der Waals surface area contributed by atoms with Gasteiger partial charge in [0.05, 0.1) is 18.8 Å². The van der Waals surface area contributed by atoms with Crippen molar-refractivity contribution in [3.63, 3.8) is 0 Å². The average Bonchev–Trinajstić information content (AvgIpc) is 2.38. The summed E-state index contributed by atoms with van der Waals surface area (Å²) in [5, 5.41) is 16.7. The van der Waals surface area contributed by atoms with E-state index in [9.17, 15) is 4.79 Å². The monoisotopic (exact) mass is 271 g/mol. The van der Waals surface area contributed by atoms with E-state index >= 15 is 0 Å². The number of aliphatic hydroxyl groups excluding tert-OH is 1. The van der Waals surface area contributed by atoms with Crippen LogP contribution in [0.2, 0.25) is 5.15 Å². The van der Waals surface area contributed by atoms with Crippen LogP contribution in [0.3, 0.4) is 0 Å². The van der Waals surface area contributed by atoms with Crippen LogP contribution < -0.4 is 0 Å². The maximum absolute atomic E-state index is 12.2. The van der Waals surface area contributed by atoms with Gasteiger partial charge in [-0.25, -0.2) is 0 Å². The lowest BCUT2D eigenvalue weighted by atomic mass is 10.2. The molecule has 2 atom stereocenters. The molecular weight excluding hydrogens is 258 g/mol. The quantitative estimate of drug-likeness (QED) is 0.840. The SMILES string of the molecule is CC1CN(C(=O)c2ccc(Cl)nn2)CC(CO)O1. The Balaban J connectivity index is 2.10. The van der Waals surface area contributed by atoms with Crippen LogP contribution in [-0.2, 0) is 4.74 Å². The maximum Gasteiger partial charge on any atom is 0.274 e. The summed E-state index contributed by atoms with van der Waals surface area (Å²) in [6.45, 7) is 2.57. The van der Waals surface area contributed by atoms with E-state index in [-0.39, 0.29) is 35.6 Å². The van der Waals surface area contributed by atoms with E-state index in [0.717, 1.165) is 0 Å². The number of halogens is 1. The van der Waals surface area contributed by atoms with Crippen molar-refractivity contribution < 1.29 is 14.6 Å². The molecule has 0 saturated carbocycles. The van der Waals surface area contributed by atoms with Crippen molar-refractivity contribution in [2.75, 3.05) is 19.7 Å². The topological polar surface area (TPSA) is 75.6 Å². The van der Waals surface area contributed by atoms with Gasteiger partial charge in [0.2, 0.25) is 0 Å². The number of ether oxygens (including phenoxy) is 1. The number of aliphatic hydroxyl groups is 1. The summed E-state index contributed by atoms with van der Waals surface area (Å²) < 4.78 is 5.47. The molecule has 18 heavy (non-hydrogen) atoms. The molecular formula is C11H14ClN3O3. The van der Waals surface area contributed by atoms with Crippen LogP contribution in [0, 0.1) is 0 Å². The van der Waals surface area contributed by atoms with E-state index in [1.165, 1.54) is 12.1 Å². The molecule has 0 spiro atoms. The summed E-state index contributed by atoms with van der Waals surface area (Å²) in [6.07, 6.45) is -0.460. The van der Waals surface area contributed by atoms with Crippen molar-refractivity contribution >= 4 is 17.5 Å². The van der Waals surface area contributed by atoms with Crippen molar-refractivity contribution in [3.05, 3.63) is 23.0 Å². The first-order chi connectivity index (χ1) is 8.60. The van der Waals surface area contributed by atoms with Gasteiger partial charge < -0.3 is 14.7 Å². The highest BCUT2D eigenvalue weighted by atomic mass is 35.5. The fraction of sp³-hybridized carbons (Fsp3) is 0.545. The van der Waals surface area contributed by atoms with E-state index in [4.69, 9.17) is 21.4 Å². The smallest absolute Gasteiger partial charge is 0.274 e. The first-order valence-corrected chi connectivity index (χ1v) is 6.02. The van der Waals surface area contributed by atoms with Gasteiger partial charge in [0, 0.05) is 13.1 Å². The second-order valence-electron chi connectivity index (χ2n) is 4.20. The summed E-state index contributed by atoms with van der Waals surface area (Å²) in [5.74, 6) is -0.229. The molecule has 1 aliphatic rings. The standard InChI is InChI=1S/C11H14ClN3O3/c1-7-4-15(5-8(6-16)18-7)11(17)9-2-3-10(12)14-13-9/h2-3,7-8,16H,4-6H2,1H3. The van der Waals surface area contributed by atoms with Crippen LogP contribution in [0.5, 0.6) is 0 Å². The van der Waals surface area contributed by atoms with E-state index in [0.29, 0.717) is 13.1 Å². The van der Waals surface area contributed by atoms with Crippen molar-refractivity contribution in [3.8, 4) is 0 Å². The maximum atomic E-state index is 12.2. The van der Waals surface area contributed by atoms with Crippen LogP contribution in [-0.4, -0.2) is 58.0 Å². The molecule has 6 nitrogen and oxygen atoms in total.